The third-order valence-corrected chi connectivity index (χ3v) is 4.51. The number of hydrogen-bond donors (Lipinski definition) is 0. The van der Waals surface area contributed by atoms with Crippen molar-refractivity contribution in [3.05, 3.63) is 65.0 Å². The van der Waals surface area contributed by atoms with E-state index in [1.54, 1.807) is 5.51 Å². The van der Waals surface area contributed by atoms with Gasteiger partial charge in [0.15, 0.2) is 0 Å². The monoisotopic (exact) mass is 363 g/mol. The Morgan fingerprint density at radius 2 is 1.96 bits per heavy atom. The lowest BCUT2D eigenvalue weighted by atomic mass is 10.1. The molecule has 0 spiro atoms. The average Bonchev–Trinajstić information content (AvgIpc) is 3.16. The molecular weight excluding hydrogens is 346 g/mol. The molecule has 0 aliphatic heterocycles. The van der Waals surface area contributed by atoms with Gasteiger partial charge in [-0.1, -0.05) is 41.2 Å². The van der Waals surface area contributed by atoms with E-state index in [0.29, 0.717) is 11.7 Å². The highest BCUT2D eigenvalue weighted by molar-refractivity contribution is 7.13. The Morgan fingerprint density at radius 3 is 2.69 bits per heavy atom. The number of aryl methyl sites for hydroxylation is 1. The lowest BCUT2D eigenvalue weighted by molar-refractivity contribution is 0.340. The zero-order chi connectivity index (χ0) is 17.9. The van der Waals surface area contributed by atoms with Crippen molar-refractivity contribution in [2.75, 3.05) is 6.61 Å². The molecule has 4 rings (SSSR count). The van der Waals surface area contributed by atoms with Gasteiger partial charge in [0.1, 0.15) is 22.6 Å². The SMILES string of the molecule is CCOc1ccc2oc(-c3ccc(C)cc3)cc(=Nc3nncs3)c2c1. The van der Waals surface area contributed by atoms with Crippen molar-refractivity contribution in [3.63, 3.8) is 0 Å². The Morgan fingerprint density at radius 1 is 1.12 bits per heavy atom. The topological polar surface area (TPSA) is 60.5 Å². The lowest BCUT2D eigenvalue weighted by Crippen LogP contribution is -2.04. The Balaban J connectivity index is 1.96. The summed E-state index contributed by atoms with van der Waals surface area (Å²) in [6.07, 6.45) is 0. The number of hydrogen-bond acceptors (Lipinski definition) is 6. The molecule has 0 aliphatic carbocycles. The molecule has 0 radical (unpaired) electrons. The van der Waals surface area contributed by atoms with Gasteiger partial charge < -0.3 is 9.15 Å². The number of nitrogens with zero attached hydrogens (tertiary/aromatic N) is 3. The van der Waals surface area contributed by atoms with Gasteiger partial charge in [0.05, 0.1) is 12.0 Å². The molecule has 0 bridgehead atoms. The van der Waals surface area contributed by atoms with Crippen LogP contribution in [0.3, 0.4) is 0 Å². The van der Waals surface area contributed by atoms with Crippen molar-refractivity contribution < 1.29 is 9.15 Å². The van der Waals surface area contributed by atoms with E-state index in [0.717, 1.165) is 33.4 Å². The van der Waals surface area contributed by atoms with Gasteiger partial charge in [-0.25, -0.2) is 4.99 Å². The summed E-state index contributed by atoms with van der Waals surface area (Å²) in [7, 11) is 0. The van der Waals surface area contributed by atoms with E-state index < -0.39 is 0 Å². The molecule has 130 valence electrons. The van der Waals surface area contributed by atoms with Crippen LogP contribution in [0.4, 0.5) is 5.13 Å². The largest absolute Gasteiger partial charge is 0.494 e. The fourth-order valence-corrected chi connectivity index (χ4v) is 3.11. The van der Waals surface area contributed by atoms with Crippen LogP contribution in [0.5, 0.6) is 5.75 Å². The first-order valence-electron chi connectivity index (χ1n) is 8.31. The van der Waals surface area contributed by atoms with Gasteiger partial charge >= 0.3 is 0 Å². The molecule has 0 saturated carbocycles. The molecule has 0 N–H and O–H groups in total. The molecule has 0 atom stereocenters. The Hall–Kier alpha value is -2.99. The molecule has 0 amide bonds. The van der Waals surface area contributed by atoms with Gasteiger partial charge in [0, 0.05) is 17.0 Å². The molecule has 2 heterocycles. The van der Waals surface area contributed by atoms with E-state index in [2.05, 4.69) is 34.2 Å². The molecule has 5 nitrogen and oxygen atoms in total. The second kappa shape index (κ2) is 7.09. The van der Waals surface area contributed by atoms with E-state index in [4.69, 9.17) is 9.15 Å². The molecule has 2 aromatic heterocycles. The average molecular weight is 363 g/mol. The minimum atomic E-state index is 0.604. The normalized spacial score (nSPS) is 11.8. The zero-order valence-corrected chi connectivity index (χ0v) is 15.3. The van der Waals surface area contributed by atoms with E-state index in [1.807, 2.05) is 43.3 Å². The highest BCUT2D eigenvalue weighted by Crippen LogP contribution is 2.25. The lowest BCUT2D eigenvalue weighted by Gasteiger charge is -2.07. The van der Waals surface area contributed by atoms with Crippen LogP contribution in [-0.2, 0) is 0 Å². The summed E-state index contributed by atoms with van der Waals surface area (Å²) in [5, 5.41) is 10.2. The van der Waals surface area contributed by atoms with Crippen molar-refractivity contribution >= 4 is 27.4 Å². The fourth-order valence-electron chi connectivity index (χ4n) is 2.68. The summed E-state index contributed by atoms with van der Waals surface area (Å²) in [4.78, 5) is 4.66. The van der Waals surface area contributed by atoms with Crippen LogP contribution >= 0.6 is 11.3 Å². The van der Waals surface area contributed by atoms with Crippen LogP contribution in [0.25, 0.3) is 22.3 Å². The molecule has 0 fully saturated rings. The van der Waals surface area contributed by atoms with Gasteiger partial charge in [-0.3, -0.25) is 0 Å². The van der Waals surface area contributed by atoms with Gasteiger partial charge in [-0.05, 0) is 32.0 Å². The maximum absolute atomic E-state index is 6.13. The van der Waals surface area contributed by atoms with Crippen LogP contribution < -0.4 is 10.1 Å². The maximum atomic E-state index is 6.13. The quantitative estimate of drug-likeness (QED) is 0.518. The van der Waals surface area contributed by atoms with Crippen LogP contribution in [0.15, 0.2) is 63.5 Å². The Kier molecular flexibility index (Phi) is 4.50. The van der Waals surface area contributed by atoms with Crippen LogP contribution in [-0.4, -0.2) is 16.8 Å². The van der Waals surface area contributed by atoms with Crippen molar-refractivity contribution in [2.24, 2.45) is 4.99 Å². The van der Waals surface area contributed by atoms with E-state index in [1.165, 1.54) is 16.9 Å². The minimum absolute atomic E-state index is 0.604. The second-order valence-electron chi connectivity index (χ2n) is 5.79. The Labute approximate surface area is 154 Å². The molecule has 4 aromatic rings. The summed E-state index contributed by atoms with van der Waals surface area (Å²) >= 11 is 1.39. The molecule has 0 unspecified atom stereocenters. The summed E-state index contributed by atoms with van der Waals surface area (Å²) in [6.45, 7) is 4.63. The smallest absolute Gasteiger partial charge is 0.231 e. The molecule has 26 heavy (non-hydrogen) atoms. The zero-order valence-electron chi connectivity index (χ0n) is 14.5. The van der Waals surface area contributed by atoms with Crippen LogP contribution in [0.1, 0.15) is 12.5 Å². The second-order valence-corrected chi connectivity index (χ2v) is 6.60. The number of ether oxygens (including phenoxy) is 1. The number of benzene rings is 2. The van der Waals surface area contributed by atoms with Crippen molar-refractivity contribution in [2.45, 2.75) is 13.8 Å². The molecule has 0 aliphatic rings. The first-order valence-corrected chi connectivity index (χ1v) is 9.19. The standard InChI is InChI=1S/C20H17N3O2S/c1-3-24-15-8-9-18-16(10-15)17(22-20-23-21-12-26-20)11-19(25-18)14-6-4-13(2)5-7-14/h4-12H,3H2,1-2H3. The Bertz CT molecular complexity index is 1100. The third kappa shape index (κ3) is 3.36. The van der Waals surface area contributed by atoms with Crippen LogP contribution in [0.2, 0.25) is 0 Å². The van der Waals surface area contributed by atoms with Crippen molar-refractivity contribution in [1.29, 1.82) is 0 Å². The third-order valence-electron chi connectivity index (χ3n) is 3.93. The summed E-state index contributed by atoms with van der Waals surface area (Å²) < 4.78 is 11.8. The van der Waals surface area contributed by atoms with Crippen molar-refractivity contribution in [3.8, 4) is 17.1 Å². The highest BCUT2D eigenvalue weighted by Gasteiger charge is 2.08. The van der Waals surface area contributed by atoms with Gasteiger partial charge in [-0.2, -0.15) is 0 Å². The predicted molar refractivity (Wildman–Crippen MR) is 103 cm³/mol. The fraction of sp³-hybridized carbons (Fsp3) is 0.150. The predicted octanol–water partition coefficient (Wildman–Crippen LogP) is 4.89. The van der Waals surface area contributed by atoms with E-state index in [-0.39, 0.29) is 0 Å². The van der Waals surface area contributed by atoms with E-state index in [9.17, 15) is 0 Å². The number of aromatic nitrogens is 2. The van der Waals surface area contributed by atoms with Gasteiger partial charge in [-0.15, -0.1) is 10.2 Å². The first-order chi connectivity index (χ1) is 12.7. The summed E-state index contributed by atoms with van der Waals surface area (Å²) in [5.41, 5.74) is 4.62. The van der Waals surface area contributed by atoms with Crippen LogP contribution in [0, 0.1) is 6.92 Å². The highest BCUT2D eigenvalue weighted by atomic mass is 32.1. The van der Waals surface area contributed by atoms with E-state index >= 15 is 0 Å². The molecular formula is C20H17N3O2S. The maximum Gasteiger partial charge on any atom is 0.231 e. The van der Waals surface area contributed by atoms with Crippen molar-refractivity contribution in [1.82, 2.24) is 10.2 Å². The summed E-state index contributed by atoms with van der Waals surface area (Å²) in [6, 6.07) is 15.9. The van der Waals surface area contributed by atoms with Gasteiger partial charge in [0.2, 0.25) is 5.13 Å². The molecule has 2 aromatic carbocycles. The minimum Gasteiger partial charge on any atom is -0.494 e. The summed E-state index contributed by atoms with van der Waals surface area (Å²) in [5.74, 6) is 1.54. The number of rotatable bonds is 4. The first kappa shape index (κ1) is 16.5. The molecule has 0 saturated heterocycles. The van der Waals surface area contributed by atoms with Gasteiger partial charge in [0.25, 0.3) is 0 Å². The molecule has 6 heteroatoms. The number of fused-ring (bicyclic) bond motifs is 1.